The molecule has 0 bridgehead atoms. The second kappa shape index (κ2) is 10.4. The second-order valence-electron chi connectivity index (χ2n) is 6.48. The molecule has 3 N–H and O–H groups in total. The number of hydrogen-bond acceptors (Lipinski definition) is 4. The highest BCUT2D eigenvalue weighted by molar-refractivity contribution is 5.92. The van der Waals surface area contributed by atoms with Crippen molar-refractivity contribution in [3.63, 3.8) is 0 Å². The van der Waals surface area contributed by atoms with Crippen molar-refractivity contribution in [2.24, 2.45) is 11.7 Å². The number of ether oxygens (including phenoxy) is 2. The lowest BCUT2D eigenvalue weighted by atomic mass is 10.1. The minimum absolute atomic E-state index is 0.0418. The Morgan fingerprint density at radius 2 is 2.08 bits per heavy atom. The molecule has 1 aliphatic carbocycles. The molecule has 0 saturated heterocycles. The summed E-state index contributed by atoms with van der Waals surface area (Å²) in [5.74, 6) is 0.116. The Morgan fingerprint density at radius 1 is 1.25 bits per heavy atom. The standard InChI is InChI=1S/C19H30N2O3/c1-2-3-9-23-10-11-24-14-15-5-4-6-18(12-15)21-19(22)16-7-8-17(20)13-16/h4-6,12,16-17H,2-3,7-11,13-14,20H2,1H3,(H,21,22). The second-order valence-corrected chi connectivity index (χ2v) is 6.48. The van der Waals surface area contributed by atoms with Crippen molar-refractivity contribution in [3.05, 3.63) is 29.8 Å². The van der Waals surface area contributed by atoms with E-state index in [4.69, 9.17) is 15.2 Å². The number of carbonyl (C=O) groups is 1. The third-order valence-electron chi connectivity index (χ3n) is 4.32. The molecule has 0 aliphatic heterocycles. The topological polar surface area (TPSA) is 73.6 Å². The zero-order chi connectivity index (χ0) is 17.2. The molecule has 5 nitrogen and oxygen atoms in total. The van der Waals surface area contributed by atoms with Crippen LogP contribution >= 0.6 is 0 Å². The normalized spacial score (nSPS) is 20.2. The molecule has 0 aromatic heterocycles. The van der Waals surface area contributed by atoms with Gasteiger partial charge in [-0.05, 0) is 43.4 Å². The largest absolute Gasteiger partial charge is 0.379 e. The molecular weight excluding hydrogens is 304 g/mol. The van der Waals surface area contributed by atoms with Gasteiger partial charge in [-0.2, -0.15) is 0 Å². The van der Waals surface area contributed by atoms with Gasteiger partial charge in [0, 0.05) is 24.3 Å². The Bertz CT molecular complexity index is 507. The van der Waals surface area contributed by atoms with Gasteiger partial charge >= 0.3 is 0 Å². The maximum atomic E-state index is 12.2. The summed E-state index contributed by atoms with van der Waals surface area (Å²) in [6.45, 7) is 4.67. The van der Waals surface area contributed by atoms with Crippen LogP contribution in [0.1, 0.15) is 44.6 Å². The maximum Gasteiger partial charge on any atom is 0.227 e. The third-order valence-corrected chi connectivity index (χ3v) is 4.32. The van der Waals surface area contributed by atoms with E-state index in [1.54, 1.807) is 0 Å². The number of benzene rings is 1. The SMILES string of the molecule is CCCCOCCOCc1cccc(NC(=O)C2CCC(N)C2)c1. The molecule has 0 spiro atoms. The van der Waals surface area contributed by atoms with Gasteiger partial charge in [0.05, 0.1) is 19.8 Å². The number of carbonyl (C=O) groups excluding carboxylic acids is 1. The highest BCUT2D eigenvalue weighted by atomic mass is 16.5. The van der Waals surface area contributed by atoms with Crippen molar-refractivity contribution < 1.29 is 14.3 Å². The average molecular weight is 334 g/mol. The lowest BCUT2D eigenvalue weighted by Gasteiger charge is -2.12. The Morgan fingerprint density at radius 3 is 2.83 bits per heavy atom. The molecule has 2 unspecified atom stereocenters. The zero-order valence-electron chi connectivity index (χ0n) is 14.6. The maximum absolute atomic E-state index is 12.2. The van der Waals surface area contributed by atoms with Gasteiger partial charge in [-0.15, -0.1) is 0 Å². The van der Waals surface area contributed by atoms with Crippen LogP contribution in [0.25, 0.3) is 0 Å². The van der Waals surface area contributed by atoms with Gasteiger partial charge in [0.25, 0.3) is 0 Å². The molecule has 134 valence electrons. The molecule has 1 aromatic carbocycles. The van der Waals surface area contributed by atoms with Gasteiger partial charge in [0.1, 0.15) is 0 Å². The van der Waals surface area contributed by atoms with E-state index in [1.165, 1.54) is 0 Å². The number of anilines is 1. The first-order chi connectivity index (χ1) is 11.7. The number of nitrogens with one attached hydrogen (secondary N) is 1. The first-order valence-electron chi connectivity index (χ1n) is 9.00. The minimum atomic E-state index is 0.0418. The molecule has 24 heavy (non-hydrogen) atoms. The number of amides is 1. The number of hydrogen-bond donors (Lipinski definition) is 2. The molecule has 1 amide bonds. The van der Waals surface area contributed by atoms with Gasteiger partial charge in [0.15, 0.2) is 0 Å². The van der Waals surface area contributed by atoms with Crippen LogP contribution in [-0.2, 0) is 20.9 Å². The Hall–Kier alpha value is -1.43. The summed E-state index contributed by atoms with van der Waals surface area (Å²) in [6.07, 6.45) is 4.84. The molecule has 1 fully saturated rings. The quantitative estimate of drug-likeness (QED) is 0.645. The van der Waals surface area contributed by atoms with Gasteiger partial charge in [-0.1, -0.05) is 25.5 Å². The summed E-state index contributed by atoms with van der Waals surface area (Å²) in [5.41, 5.74) is 7.75. The Kier molecular flexibility index (Phi) is 8.22. The fraction of sp³-hybridized carbons (Fsp3) is 0.632. The van der Waals surface area contributed by atoms with E-state index in [0.29, 0.717) is 19.8 Å². The van der Waals surface area contributed by atoms with E-state index < -0.39 is 0 Å². The molecule has 1 aromatic rings. The fourth-order valence-electron chi connectivity index (χ4n) is 2.89. The molecule has 2 rings (SSSR count). The van der Waals surface area contributed by atoms with E-state index in [-0.39, 0.29) is 17.9 Å². The van der Waals surface area contributed by atoms with Gasteiger partial charge in [0.2, 0.25) is 5.91 Å². The van der Waals surface area contributed by atoms with E-state index in [2.05, 4.69) is 12.2 Å². The van der Waals surface area contributed by atoms with E-state index in [1.807, 2.05) is 24.3 Å². The van der Waals surface area contributed by atoms with Crippen LogP contribution in [0.15, 0.2) is 24.3 Å². The van der Waals surface area contributed by atoms with Crippen molar-refractivity contribution in [1.82, 2.24) is 0 Å². The summed E-state index contributed by atoms with van der Waals surface area (Å²) in [5, 5.41) is 2.99. The summed E-state index contributed by atoms with van der Waals surface area (Å²) < 4.78 is 11.1. The fourth-order valence-corrected chi connectivity index (χ4v) is 2.89. The van der Waals surface area contributed by atoms with Crippen molar-refractivity contribution in [2.45, 2.75) is 51.7 Å². The van der Waals surface area contributed by atoms with Crippen molar-refractivity contribution in [1.29, 1.82) is 0 Å². The smallest absolute Gasteiger partial charge is 0.227 e. The summed E-state index contributed by atoms with van der Waals surface area (Å²) in [4.78, 5) is 12.2. The first-order valence-corrected chi connectivity index (χ1v) is 9.00. The highest BCUT2D eigenvalue weighted by Gasteiger charge is 2.27. The zero-order valence-corrected chi connectivity index (χ0v) is 14.6. The molecule has 0 heterocycles. The number of rotatable bonds is 10. The lowest BCUT2D eigenvalue weighted by Crippen LogP contribution is -2.23. The van der Waals surface area contributed by atoms with Crippen LogP contribution in [0, 0.1) is 5.92 Å². The van der Waals surface area contributed by atoms with Crippen LogP contribution in [0.5, 0.6) is 0 Å². The van der Waals surface area contributed by atoms with E-state index >= 15 is 0 Å². The highest BCUT2D eigenvalue weighted by Crippen LogP contribution is 2.25. The molecule has 1 aliphatic rings. The predicted octanol–water partition coefficient (Wildman–Crippen LogP) is 3.09. The van der Waals surface area contributed by atoms with Crippen molar-refractivity contribution >= 4 is 11.6 Å². The van der Waals surface area contributed by atoms with E-state index in [9.17, 15) is 4.79 Å². The van der Waals surface area contributed by atoms with Gasteiger partial charge in [-0.3, -0.25) is 4.79 Å². The lowest BCUT2D eigenvalue weighted by molar-refractivity contribution is -0.119. The number of nitrogens with two attached hydrogens (primary N) is 1. The first kappa shape index (κ1) is 18.9. The minimum Gasteiger partial charge on any atom is -0.379 e. The summed E-state index contributed by atoms with van der Waals surface area (Å²) >= 11 is 0. The van der Waals surface area contributed by atoms with Crippen LogP contribution in [0.4, 0.5) is 5.69 Å². The van der Waals surface area contributed by atoms with Crippen LogP contribution < -0.4 is 11.1 Å². The molecule has 5 heteroatoms. The molecule has 0 radical (unpaired) electrons. The van der Waals surface area contributed by atoms with Crippen LogP contribution in [0.3, 0.4) is 0 Å². The Labute approximate surface area is 144 Å². The van der Waals surface area contributed by atoms with Crippen LogP contribution in [-0.4, -0.2) is 31.8 Å². The average Bonchev–Trinajstić information content (AvgIpc) is 3.01. The molecular formula is C19H30N2O3. The summed E-state index contributed by atoms with van der Waals surface area (Å²) in [6, 6.07) is 7.97. The monoisotopic (exact) mass is 334 g/mol. The number of unbranched alkanes of at least 4 members (excludes halogenated alkanes) is 1. The predicted molar refractivity (Wildman–Crippen MR) is 95.8 cm³/mol. The molecule has 1 saturated carbocycles. The molecule has 2 atom stereocenters. The van der Waals surface area contributed by atoms with Crippen molar-refractivity contribution in [2.75, 3.05) is 25.1 Å². The summed E-state index contributed by atoms with van der Waals surface area (Å²) in [7, 11) is 0. The van der Waals surface area contributed by atoms with Gasteiger partial charge < -0.3 is 20.5 Å². The van der Waals surface area contributed by atoms with E-state index in [0.717, 1.165) is 50.0 Å². The third kappa shape index (κ3) is 6.59. The Balaban J connectivity index is 1.70. The van der Waals surface area contributed by atoms with Crippen LogP contribution in [0.2, 0.25) is 0 Å². The van der Waals surface area contributed by atoms with Gasteiger partial charge in [-0.25, -0.2) is 0 Å². The van der Waals surface area contributed by atoms with Crippen molar-refractivity contribution in [3.8, 4) is 0 Å².